The van der Waals surface area contributed by atoms with Gasteiger partial charge in [0.2, 0.25) is 0 Å². The zero-order valence-corrected chi connectivity index (χ0v) is 14.2. The molecule has 0 spiro atoms. The van der Waals surface area contributed by atoms with E-state index in [9.17, 15) is 8.42 Å². The molecule has 0 radical (unpaired) electrons. The van der Waals surface area contributed by atoms with Crippen LogP contribution in [0.4, 0.5) is 0 Å². The van der Waals surface area contributed by atoms with Gasteiger partial charge in [0.25, 0.3) is 0 Å². The van der Waals surface area contributed by atoms with Gasteiger partial charge in [-0.1, -0.05) is 17.7 Å². The van der Waals surface area contributed by atoms with Crippen LogP contribution in [0.5, 0.6) is 5.75 Å². The Morgan fingerprint density at radius 1 is 1.50 bits per heavy atom. The number of methoxy groups -OCH3 is 1. The minimum atomic E-state index is -2.91. The highest BCUT2D eigenvalue weighted by atomic mass is 35.5. The lowest BCUT2D eigenvalue weighted by Gasteiger charge is -2.17. The molecule has 122 valence electrons. The average molecular weight is 346 g/mol. The van der Waals surface area contributed by atoms with Crippen LogP contribution >= 0.6 is 11.6 Å². The Morgan fingerprint density at radius 3 is 2.86 bits per heavy atom. The van der Waals surface area contributed by atoms with Gasteiger partial charge < -0.3 is 15.4 Å². The fourth-order valence-corrected chi connectivity index (χ4v) is 4.18. The molecule has 1 heterocycles. The van der Waals surface area contributed by atoms with E-state index in [1.165, 1.54) is 0 Å². The van der Waals surface area contributed by atoms with Crippen LogP contribution in [0.3, 0.4) is 0 Å². The summed E-state index contributed by atoms with van der Waals surface area (Å²) in [7, 11) is 0.328. The van der Waals surface area contributed by atoms with E-state index in [-0.39, 0.29) is 17.5 Å². The maximum absolute atomic E-state index is 11.5. The number of sulfone groups is 1. The maximum Gasteiger partial charge on any atom is 0.191 e. The molecule has 2 rings (SSSR count). The second-order valence-electron chi connectivity index (χ2n) is 5.13. The molecule has 2 N–H and O–H groups in total. The van der Waals surface area contributed by atoms with E-state index in [4.69, 9.17) is 16.3 Å². The SMILES string of the molecule is CN=C(NCc1ccc(Cl)cc1OC)NC1CCS(=O)(=O)C1. The number of hydrogen-bond donors (Lipinski definition) is 2. The molecule has 1 aliphatic heterocycles. The van der Waals surface area contributed by atoms with Crippen molar-refractivity contribution < 1.29 is 13.2 Å². The molecular formula is C14H20ClN3O3S. The monoisotopic (exact) mass is 345 g/mol. The molecule has 1 unspecified atom stereocenters. The van der Waals surface area contributed by atoms with Crippen molar-refractivity contribution in [3.63, 3.8) is 0 Å². The van der Waals surface area contributed by atoms with Crippen molar-refractivity contribution in [3.05, 3.63) is 28.8 Å². The van der Waals surface area contributed by atoms with Gasteiger partial charge in [-0.2, -0.15) is 0 Å². The van der Waals surface area contributed by atoms with Crippen LogP contribution in [0.1, 0.15) is 12.0 Å². The first-order valence-electron chi connectivity index (χ1n) is 6.93. The van der Waals surface area contributed by atoms with Gasteiger partial charge in [0.05, 0.1) is 18.6 Å². The Kier molecular flexibility index (Phi) is 5.52. The van der Waals surface area contributed by atoms with Gasteiger partial charge >= 0.3 is 0 Å². The van der Waals surface area contributed by atoms with Crippen LogP contribution in [-0.4, -0.2) is 46.1 Å². The molecule has 0 saturated carbocycles. The maximum atomic E-state index is 11.5. The third-order valence-corrected chi connectivity index (χ3v) is 5.50. The standard InChI is InChI=1S/C14H20ClN3O3S/c1-16-14(18-12-5-6-22(19,20)9-12)17-8-10-3-4-11(15)7-13(10)21-2/h3-4,7,12H,5-6,8-9H2,1-2H3,(H2,16,17,18). The molecule has 22 heavy (non-hydrogen) atoms. The highest BCUT2D eigenvalue weighted by molar-refractivity contribution is 7.91. The number of benzene rings is 1. The summed E-state index contributed by atoms with van der Waals surface area (Å²) in [5.74, 6) is 1.64. The van der Waals surface area contributed by atoms with Gasteiger partial charge in [0.1, 0.15) is 5.75 Å². The zero-order chi connectivity index (χ0) is 16.2. The first kappa shape index (κ1) is 16.9. The van der Waals surface area contributed by atoms with Crippen molar-refractivity contribution in [1.29, 1.82) is 0 Å². The van der Waals surface area contributed by atoms with Crippen LogP contribution in [0, 0.1) is 0 Å². The Morgan fingerprint density at radius 2 is 2.27 bits per heavy atom. The summed E-state index contributed by atoms with van der Waals surface area (Å²) in [5.41, 5.74) is 0.939. The quantitative estimate of drug-likeness (QED) is 0.633. The number of rotatable bonds is 4. The third-order valence-electron chi connectivity index (χ3n) is 3.49. The molecule has 1 aliphatic rings. The Hall–Kier alpha value is -1.47. The largest absolute Gasteiger partial charge is 0.496 e. The summed E-state index contributed by atoms with van der Waals surface area (Å²) in [6, 6.07) is 5.32. The van der Waals surface area contributed by atoms with Gasteiger partial charge in [-0.15, -0.1) is 0 Å². The van der Waals surface area contributed by atoms with Crippen molar-refractivity contribution in [2.75, 3.05) is 25.7 Å². The summed E-state index contributed by atoms with van der Waals surface area (Å²) in [6.45, 7) is 0.499. The molecule has 1 fully saturated rings. The number of guanidine groups is 1. The molecule has 0 aromatic heterocycles. The third kappa shape index (κ3) is 4.51. The number of ether oxygens (including phenoxy) is 1. The minimum absolute atomic E-state index is 0.0942. The highest BCUT2D eigenvalue weighted by Gasteiger charge is 2.28. The van der Waals surface area contributed by atoms with E-state index in [0.717, 1.165) is 5.56 Å². The molecule has 1 aromatic rings. The zero-order valence-electron chi connectivity index (χ0n) is 12.6. The molecule has 1 aromatic carbocycles. The van der Waals surface area contributed by atoms with Crippen molar-refractivity contribution >= 4 is 27.4 Å². The first-order chi connectivity index (χ1) is 10.4. The molecule has 8 heteroatoms. The van der Waals surface area contributed by atoms with Gasteiger partial charge in [0, 0.05) is 30.2 Å². The molecule has 6 nitrogen and oxygen atoms in total. The number of nitrogens with zero attached hydrogens (tertiary/aromatic N) is 1. The predicted octanol–water partition coefficient (Wildman–Crippen LogP) is 1.20. The van der Waals surface area contributed by atoms with E-state index < -0.39 is 9.84 Å². The van der Waals surface area contributed by atoms with Gasteiger partial charge in [-0.3, -0.25) is 4.99 Å². The number of nitrogens with one attached hydrogen (secondary N) is 2. The first-order valence-corrected chi connectivity index (χ1v) is 9.13. The van der Waals surface area contributed by atoms with Crippen molar-refractivity contribution in [2.45, 2.75) is 19.0 Å². The molecule has 0 bridgehead atoms. The smallest absolute Gasteiger partial charge is 0.191 e. The van der Waals surface area contributed by atoms with Crippen LogP contribution < -0.4 is 15.4 Å². The van der Waals surface area contributed by atoms with Crippen LogP contribution in [0.2, 0.25) is 5.02 Å². The van der Waals surface area contributed by atoms with E-state index in [0.29, 0.717) is 29.7 Å². The molecule has 1 saturated heterocycles. The van der Waals surface area contributed by atoms with Gasteiger partial charge in [0.15, 0.2) is 15.8 Å². The van der Waals surface area contributed by atoms with Crippen molar-refractivity contribution in [1.82, 2.24) is 10.6 Å². The number of hydrogen-bond acceptors (Lipinski definition) is 4. The van der Waals surface area contributed by atoms with Crippen LogP contribution in [-0.2, 0) is 16.4 Å². The summed E-state index contributed by atoms with van der Waals surface area (Å²) >= 11 is 5.93. The fraction of sp³-hybridized carbons (Fsp3) is 0.500. The lowest BCUT2D eigenvalue weighted by Crippen LogP contribution is -2.43. The fourth-order valence-electron chi connectivity index (χ4n) is 2.34. The summed E-state index contributed by atoms with van der Waals surface area (Å²) in [5, 5.41) is 6.90. The average Bonchev–Trinajstić information content (AvgIpc) is 2.83. The van der Waals surface area contributed by atoms with E-state index >= 15 is 0 Å². The number of halogens is 1. The summed E-state index contributed by atoms with van der Waals surface area (Å²) in [6.07, 6.45) is 0.604. The Labute approximate surface area is 135 Å². The van der Waals surface area contributed by atoms with Crippen molar-refractivity contribution in [3.8, 4) is 5.75 Å². The normalized spacial score (nSPS) is 20.7. The highest BCUT2D eigenvalue weighted by Crippen LogP contribution is 2.22. The molecular weight excluding hydrogens is 326 g/mol. The van der Waals surface area contributed by atoms with E-state index in [2.05, 4.69) is 15.6 Å². The van der Waals surface area contributed by atoms with E-state index in [1.54, 1.807) is 26.3 Å². The van der Waals surface area contributed by atoms with Crippen molar-refractivity contribution in [2.24, 2.45) is 4.99 Å². The van der Waals surface area contributed by atoms with Crippen LogP contribution in [0.15, 0.2) is 23.2 Å². The molecule has 1 atom stereocenters. The number of aliphatic imine (C=N–C) groups is 1. The Bertz CT molecular complexity index is 661. The van der Waals surface area contributed by atoms with Gasteiger partial charge in [-0.25, -0.2) is 8.42 Å². The Balaban J connectivity index is 1.95. The summed E-state index contributed by atoms with van der Waals surface area (Å²) < 4.78 is 28.2. The lowest BCUT2D eigenvalue weighted by molar-refractivity contribution is 0.409. The lowest BCUT2D eigenvalue weighted by atomic mass is 10.2. The minimum Gasteiger partial charge on any atom is -0.496 e. The molecule has 0 amide bonds. The second kappa shape index (κ2) is 7.19. The summed E-state index contributed by atoms with van der Waals surface area (Å²) in [4.78, 5) is 4.12. The van der Waals surface area contributed by atoms with E-state index in [1.807, 2.05) is 6.07 Å². The van der Waals surface area contributed by atoms with Crippen LogP contribution in [0.25, 0.3) is 0 Å². The van der Waals surface area contributed by atoms with Gasteiger partial charge in [-0.05, 0) is 18.6 Å². The molecule has 0 aliphatic carbocycles. The second-order valence-corrected chi connectivity index (χ2v) is 7.79. The predicted molar refractivity (Wildman–Crippen MR) is 88.4 cm³/mol. The topological polar surface area (TPSA) is 79.8 Å².